The molecule has 1 aromatic rings. The van der Waals surface area contributed by atoms with E-state index in [1.165, 1.54) is 31.4 Å². The Balaban J connectivity index is 2.22. The molecule has 1 aliphatic rings. The van der Waals surface area contributed by atoms with Crippen LogP contribution in [-0.4, -0.2) is 12.0 Å². The van der Waals surface area contributed by atoms with Gasteiger partial charge in [0.25, 0.3) is 6.01 Å². The number of nitrogens with one attached hydrogen (secondary N) is 1. The Hall–Kier alpha value is -0.990. The molecule has 1 N–H and O–H groups in total. The maximum Gasteiger partial charge on any atom is 0.294 e. The van der Waals surface area contributed by atoms with E-state index in [0.29, 0.717) is 11.9 Å². The number of rotatable bonds is 2. The number of anilines is 1. The van der Waals surface area contributed by atoms with Crippen LogP contribution in [0, 0.1) is 6.92 Å². The summed E-state index contributed by atoms with van der Waals surface area (Å²) in [6.07, 6.45) is 5.23. The SMILES string of the molecule is CNc1nc(C2CCCC2)c(C)o1. The third-order valence-corrected chi connectivity index (χ3v) is 2.79. The first-order valence-electron chi connectivity index (χ1n) is 4.96. The molecule has 3 heteroatoms. The Morgan fingerprint density at radius 3 is 2.62 bits per heavy atom. The largest absolute Gasteiger partial charge is 0.429 e. The summed E-state index contributed by atoms with van der Waals surface area (Å²) in [5, 5.41) is 2.93. The van der Waals surface area contributed by atoms with E-state index < -0.39 is 0 Å². The number of aryl methyl sites for hydroxylation is 1. The van der Waals surface area contributed by atoms with Crippen molar-refractivity contribution in [1.82, 2.24) is 4.98 Å². The monoisotopic (exact) mass is 180 g/mol. The maximum atomic E-state index is 5.45. The standard InChI is InChI=1S/C10H16N2O/c1-7-9(8-5-3-4-6-8)12-10(11-2)13-7/h8H,3-6H2,1-2H3,(H,11,12). The normalized spacial score (nSPS) is 18.0. The van der Waals surface area contributed by atoms with Crippen LogP contribution in [0.1, 0.15) is 43.1 Å². The van der Waals surface area contributed by atoms with Crippen LogP contribution in [0.4, 0.5) is 6.01 Å². The summed E-state index contributed by atoms with van der Waals surface area (Å²) in [5.41, 5.74) is 1.17. The van der Waals surface area contributed by atoms with Crippen LogP contribution < -0.4 is 5.32 Å². The van der Waals surface area contributed by atoms with Gasteiger partial charge in [0.15, 0.2) is 0 Å². The molecular weight excluding hydrogens is 164 g/mol. The van der Waals surface area contributed by atoms with Gasteiger partial charge in [0, 0.05) is 13.0 Å². The lowest BCUT2D eigenvalue weighted by molar-refractivity contribution is 0.535. The fourth-order valence-corrected chi connectivity index (χ4v) is 2.09. The van der Waals surface area contributed by atoms with Crippen molar-refractivity contribution in [2.24, 2.45) is 0 Å². The van der Waals surface area contributed by atoms with E-state index in [1.807, 2.05) is 14.0 Å². The summed E-state index contributed by atoms with van der Waals surface area (Å²) < 4.78 is 5.45. The number of hydrogen-bond donors (Lipinski definition) is 1. The number of nitrogens with zero attached hydrogens (tertiary/aromatic N) is 1. The highest BCUT2D eigenvalue weighted by atomic mass is 16.4. The predicted octanol–water partition coefficient (Wildman–Crippen LogP) is 2.68. The van der Waals surface area contributed by atoms with Gasteiger partial charge in [0.1, 0.15) is 5.76 Å². The van der Waals surface area contributed by atoms with E-state index in [-0.39, 0.29) is 0 Å². The Morgan fingerprint density at radius 2 is 2.08 bits per heavy atom. The van der Waals surface area contributed by atoms with Crippen LogP contribution in [0.2, 0.25) is 0 Å². The summed E-state index contributed by atoms with van der Waals surface area (Å²) in [6.45, 7) is 2.00. The zero-order chi connectivity index (χ0) is 9.26. The van der Waals surface area contributed by atoms with Crippen LogP contribution in [-0.2, 0) is 0 Å². The van der Waals surface area contributed by atoms with Gasteiger partial charge < -0.3 is 9.73 Å². The smallest absolute Gasteiger partial charge is 0.294 e. The molecule has 1 heterocycles. The van der Waals surface area contributed by atoms with E-state index in [9.17, 15) is 0 Å². The minimum Gasteiger partial charge on any atom is -0.429 e. The second-order valence-electron chi connectivity index (χ2n) is 3.69. The van der Waals surface area contributed by atoms with Crippen LogP contribution in [0.25, 0.3) is 0 Å². The van der Waals surface area contributed by atoms with Crippen molar-refractivity contribution in [3.8, 4) is 0 Å². The number of aromatic nitrogens is 1. The summed E-state index contributed by atoms with van der Waals surface area (Å²) in [7, 11) is 1.84. The fraction of sp³-hybridized carbons (Fsp3) is 0.700. The summed E-state index contributed by atoms with van der Waals surface area (Å²) in [5.74, 6) is 1.63. The van der Waals surface area contributed by atoms with Crippen molar-refractivity contribution in [1.29, 1.82) is 0 Å². The quantitative estimate of drug-likeness (QED) is 0.760. The van der Waals surface area contributed by atoms with Crippen LogP contribution in [0.3, 0.4) is 0 Å². The topological polar surface area (TPSA) is 38.1 Å². The molecule has 1 aliphatic carbocycles. The highest BCUT2D eigenvalue weighted by Crippen LogP contribution is 2.35. The highest BCUT2D eigenvalue weighted by molar-refractivity contribution is 5.26. The Labute approximate surface area is 78.5 Å². The molecule has 0 amide bonds. The highest BCUT2D eigenvalue weighted by Gasteiger charge is 2.22. The van der Waals surface area contributed by atoms with Gasteiger partial charge in [-0.2, -0.15) is 4.98 Å². The maximum absolute atomic E-state index is 5.45. The second-order valence-corrected chi connectivity index (χ2v) is 3.69. The first-order chi connectivity index (χ1) is 6.31. The molecule has 0 aliphatic heterocycles. The van der Waals surface area contributed by atoms with E-state index >= 15 is 0 Å². The van der Waals surface area contributed by atoms with E-state index in [1.54, 1.807) is 0 Å². The molecule has 0 spiro atoms. The molecular formula is C10H16N2O. The first-order valence-corrected chi connectivity index (χ1v) is 4.96. The second kappa shape index (κ2) is 3.40. The Morgan fingerprint density at radius 1 is 1.38 bits per heavy atom. The van der Waals surface area contributed by atoms with Crippen LogP contribution >= 0.6 is 0 Å². The summed E-state index contributed by atoms with van der Waals surface area (Å²) >= 11 is 0. The molecule has 13 heavy (non-hydrogen) atoms. The number of hydrogen-bond acceptors (Lipinski definition) is 3. The molecule has 0 unspecified atom stereocenters. The molecule has 1 aromatic heterocycles. The van der Waals surface area contributed by atoms with E-state index in [4.69, 9.17) is 4.42 Å². The van der Waals surface area contributed by atoms with E-state index in [2.05, 4.69) is 10.3 Å². The van der Waals surface area contributed by atoms with Crippen LogP contribution in [0.15, 0.2) is 4.42 Å². The van der Waals surface area contributed by atoms with Gasteiger partial charge in [0.05, 0.1) is 5.69 Å². The first kappa shape index (κ1) is 8.60. The molecule has 0 aromatic carbocycles. The zero-order valence-corrected chi connectivity index (χ0v) is 8.26. The summed E-state index contributed by atoms with van der Waals surface area (Å²) in [4.78, 5) is 4.43. The van der Waals surface area contributed by atoms with Crippen molar-refractivity contribution in [2.45, 2.75) is 38.5 Å². The van der Waals surface area contributed by atoms with Gasteiger partial charge in [-0.3, -0.25) is 0 Å². The van der Waals surface area contributed by atoms with Crippen molar-refractivity contribution in [3.63, 3.8) is 0 Å². The average molecular weight is 180 g/mol. The Kier molecular flexibility index (Phi) is 2.25. The van der Waals surface area contributed by atoms with Gasteiger partial charge in [0.2, 0.25) is 0 Å². The lowest BCUT2D eigenvalue weighted by atomic mass is 10.0. The van der Waals surface area contributed by atoms with Gasteiger partial charge in [-0.05, 0) is 19.8 Å². The molecule has 1 fully saturated rings. The molecule has 0 saturated heterocycles. The van der Waals surface area contributed by atoms with Crippen molar-refractivity contribution in [2.75, 3.05) is 12.4 Å². The van der Waals surface area contributed by atoms with Crippen LogP contribution in [0.5, 0.6) is 0 Å². The van der Waals surface area contributed by atoms with Gasteiger partial charge >= 0.3 is 0 Å². The van der Waals surface area contributed by atoms with Crippen molar-refractivity contribution < 1.29 is 4.42 Å². The average Bonchev–Trinajstić information content (AvgIpc) is 2.72. The third kappa shape index (κ3) is 1.55. The molecule has 0 atom stereocenters. The van der Waals surface area contributed by atoms with Gasteiger partial charge in [-0.15, -0.1) is 0 Å². The molecule has 3 nitrogen and oxygen atoms in total. The van der Waals surface area contributed by atoms with Gasteiger partial charge in [-0.1, -0.05) is 12.8 Å². The molecule has 0 bridgehead atoms. The molecule has 2 rings (SSSR count). The third-order valence-electron chi connectivity index (χ3n) is 2.79. The zero-order valence-electron chi connectivity index (χ0n) is 8.26. The predicted molar refractivity (Wildman–Crippen MR) is 52.0 cm³/mol. The minimum atomic E-state index is 0.644. The molecule has 1 saturated carbocycles. The fourth-order valence-electron chi connectivity index (χ4n) is 2.09. The lowest BCUT2D eigenvalue weighted by Crippen LogP contribution is -1.95. The van der Waals surface area contributed by atoms with Crippen molar-refractivity contribution in [3.05, 3.63) is 11.5 Å². The molecule has 72 valence electrons. The van der Waals surface area contributed by atoms with Gasteiger partial charge in [-0.25, -0.2) is 0 Å². The van der Waals surface area contributed by atoms with Crippen molar-refractivity contribution >= 4 is 6.01 Å². The van der Waals surface area contributed by atoms with E-state index in [0.717, 1.165) is 5.76 Å². The minimum absolute atomic E-state index is 0.644. The lowest BCUT2D eigenvalue weighted by Gasteiger charge is -2.03. The summed E-state index contributed by atoms with van der Waals surface area (Å²) in [6, 6.07) is 0.652. The molecule has 0 radical (unpaired) electrons. The number of oxazole rings is 1. The Bertz CT molecular complexity index is 287.